The van der Waals surface area contributed by atoms with E-state index in [1.807, 2.05) is 6.07 Å². The maximum atomic E-state index is 6.20. The number of fused-ring (bicyclic) bond motifs is 1. The normalized spacial score (nSPS) is 16.4. The van der Waals surface area contributed by atoms with E-state index in [9.17, 15) is 0 Å². The van der Waals surface area contributed by atoms with Crippen LogP contribution < -0.4 is 5.73 Å². The van der Waals surface area contributed by atoms with Gasteiger partial charge in [-0.05, 0) is 47.6 Å². The number of nitrogen functional groups attached to an aromatic ring is 1. The van der Waals surface area contributed by atoms with Crippen molar-refractivity contribution in [2.45, 2.75) is 38.4 Å². The molecule has 3 aromatic carbocycles. The molecular formula is C24H26N2. The Hall–Kier alpha value is -2.58. The molecule has 0 radical (unpaired) electrons. The molecule has 0 aliphatic heterocycles. The Kier molecular flexibility index (Phi) is 5.03. The lowest BCUT2D eigenvalue weighted by Crippen LogP contribution is -2.38. The van der Waals surface area contributed by atoms with Crippen LogP contribution in [0.5, 0.6) is 0 Å². The Morgan fingerprint density at radius 1 is 0.769 bits per heavy atom. The van der Waals surface area contributed by atoms with Crippen molar-refractivity contribution in [3.63, 3.8) is 0 Å². The first-order valence-corrected chi connectivity index (χ1v) is 9.48. The van der Waals surface area contributed by atoms with Crippen molar-refractivity contribution in [3.8, 4) is 0 Å². The van der Waals surface area contributed by atoms with E-state index in [1.54, 1.807) is 0 Å². The number of benzene rings is 3. The molecule has 0 unspecified atom stereocenters. The minimum atomic E-state index is 0.546. The zero-order valence-corrected chi connectivity index (χ0v) is 15.1. The monoisotopic (exact) mass is 342 g/mol. The van der Waals surface area contributed by atoms with Gasteiger partial charge in [-0.2, -0.15) is 0 Å². The lowest BCUT2D eigenvalue weighted by molar-refractivity contribution is 0.162. The molecule has 2 N–H and O–H groups in total. The fourth-order valence-corrected chi connectivity index (χ4v) is 4.08. The van der Waals surface area contributed by atoms with Gasteiger partial charge in [-0.15, -0.1) is 0 Å². The molecule has 0 heterocycles. The van der Waals surface area contributed by atoms with Crippen LogP contribution in [0.1, 0.15) is 28.7 Å². The van der Waals surface area contributed by atoms with E-state index in [4.69, 9.17) is 5.73 Å². The van der Waals surface area contributed by atoms with Crippen LogP contribution >= 0.6 is 0 Å². The summed E-state index contributed by atoms with van der Waals surface area (Å²) in [4.78, 5) is 2.64. The largest absolute Gasteiger partial charge is 0.398 e. The van der Waals surface area contributed by atoms with Gasteiger partial charge < -0.3 is 5.73 Å². The standard InChI is InChI=1S/C24H26N2/c25-24-13-7-12-21-16-22(14-15-23(21)24)26(17-19-8-3-1-4-9-19)18-20-10-5-2-6-11-20/h1-13,22H,14-18,25H2/t22-/m0/s1. The summed E-state index contributed by atoms with van der Waals surface area (Å²) in [6, 6.07) is 28.5. The van der Waals surface area contributed by atoms with E-state index < -0.39 is 0 Å². The fourth-order valence-electron chi connectivity index (χ4n) is 4.08. The zero-order chi connectivity index (χ0) is 17.8. The number of rotatable bonds is 5. The summed E-state index contributed by atoms with van der Waals surface area (Å²) < 4.78 is 0. The summed E-state index contributed by atoms with van der Waals surface area (Å²) in [6.45, 7) is 1.97. The summed E-state index contributed by atoms with van der Waals surface area (Å²) in [7, 11) is 0. The summed E-state index contributed by atoms with van der Waals surface area (Å²) in [5.74, 6) is 0. The number of anilines is 1. The molecule has 0 aromatic heterocycles. The molecule has 1 aliphatic rings. The molecule has 0 amide bonds. The second-order valence-corrected chi connectivity index (χ2v) is 7.26. The van der Waals surface area contributed by atoms with Gasteiger partial charge in [0.25, 0.3) is 0 Å². The molecule has 0 bridgehead atoms. The van der Waals surface area contributed by atoms with Gasteiger partial charge in [0.1, 0.15) is 0 Å². The van der Waals surface area contributed by atoms with Crippen LogP contribution in [-0.2, 0) is 25.9 Å². The smallest absolute Gasteiger partial charge is 0.0349 e. The summed E-state index contributed by atoms with van der Waals surface area (Å²) in [6.07, 6.45) is 3.33. The molecule has 4 rings (SSSR count). The first-order valence-electron chi connectivity index (χ1n) is 9.48. The molecule has 0 fully saturated rings. The third kappa shape index (κ3) is 3.81. The zero-order valence-electron chi connectivity index (χ0n) is 15.1. The Bertz CT molecular complexity index is 801. The van der Waals surface area contributed by atoms with Crippen LogP contribution in [0.2, 0.25) is 0 Å². The van der Waals surface area contributed by atoms with E-state index in [0.29, 0.717) is 6.04 Å². The van der Waals surface area contributed by atoms with Crippen molar-refractivity contribution in [2.24, 2.45) is 0 Å². The molecular weight excluding hydrogens is 316 g/mol. The van der Waals surface area contributed by atoms with Gasteiger partial charge >= 0.3 is 0 Å². The molecule has 0 saturated carbocycles. The maximum Gasteiger partial charge on any atom is 0.0349 e. The minimum Gasteiger partial charge on any atom is -0.398 e. The second kappa shape index (κ2) is 7.76. The van der Waals surface area contributed by atoms with Crippen molar-refractivity contribution in [1.29, 1.82) is 0 Å². The molecule has 0 saturated heterocycles. The molecule has 1 aliphatic carbocycles. The van der Waals surface area contributed by atoms with Crippen LogP contribution in [0.4, 0.5) is 5.69 Å². The number of nitrogens with zero attached hydrogens (tertiary/aromatic N) is 1. The second-order valence-electron chi connectivity index (χ2n) is 7.26. The van der Waals surface area contributed by atoms with Crippen molar-refractivity contribution in [1.82, 2.24) is 4.90 Å². The van der Waals surface area contributed by atoms with Crippen LogP contribution in [0.3, 0.4) is 0 Å². The van der Waals surface area contributed by atoms with Gasteiger partial charge in [0.2, 0.25) is 0 Å². The topological polar surface area (TPSA) is 29.3 Å². The van der Waals surface area contributed by atoms with E-state index >= 15 is 0 Å². The Labute approximate surface area is 156 Å². The average Bonchev–Trinajstić information content (AvgIpc) is 2.69. The lowest BCUT2D eigenvalue weighted by Gasteiger charge is -2.36. The van der Waals surface area contributed by atoms with Crippen LogP contribution in [0, 0.1) is 0 Å². The number of hydrogen-bond donors (Lipinski definition) is 1. The molecule has 3 aromatic rings. The summed E-state index contributed by atoms with van der Waals surface area (Å²) in [5.41, 5.74) is 12.7. The van der Waals surface area contributed by atoms with Crippen LogP contribution in [-0.4, -0.2) is 10.9 Å². The first-order chi connectivity index (χ1) is 12.8. The summed E-state index contributed by atoms with van der Waals surface area (Å²) in [5, 5.41) is 0. The molecule has 0 spiro atoms. The lowest BCUT2D eigenvalue weighted by atomic mass is 9.86. The van der Waals surface area contributed by atoms with Gasteiger partial charge in [0.15, 0.2) is 0 Å². The van der Waals surface area contributed by atoms with E-state index in [1.165, 1.54) is 28.7 Å². The van der Waals surface area contributed by atoms with Crippen molar-refractivity contribution >= 4 is 5.69 Å². The van der Waals surface area contributed by atoms with Crippen molar-refractivity contribution < 1.29 is 0 Å². The predicted octanol–water partition coefficient (Wildman–Crippen LogP) is 4.83. The first kappa shape index (κ1) is 16.9. The SMILES string of the molecule is Nc1cccc2c1CC[C@H](N(Cc1ccccc1)Cc1ccccc1)C2. The van der Waals surface area contributed by atoms with Crippen molar-refractivity contribution in [3.05, 3.63) is 101 Å². The van der Waals surface area contributed by atoms with Crippen LogP contribution in [0.25, 0.3) is 0 Å². The molecule has 2 heteroatoms. The quantitative estimate of drug-likeness (QED) is 0.673. The van der Waals surface area contributed by atoms with E-state index in [2.05, 4.69) is 77.7 Å². The number of hydrogen-bond acceptors (Lipinski definition) is 2. The fraction of sp³-hybridized carbons (Fsp3) is 0.250. The highest BCUT2D eigenvalue weighted by atomic mass is 15.2. The van der Waals surface area contributed by atoms with Gasteiger partial charge in [-0.1, -0.05) is 72.8 Å². The number of nitrogens with two attached hydrogens (primary N) is 1. The predicted molar refractivity (Wildman–Crippen MR) is 109 cm³/mol. The molecule has 1 atom stereocenters. The van der Waals surface area contributed by atoms with Gasteiger partial charge in [0.05, 0.1) is 0 Å². The highest BCUT2D eigenvalue weighted by molar-refractivity contribution is 5.52. The maximum absolute atomic E-state index is 6.20. The Morgan fingerprint density at radius 2 is 1.38 bits per heavy atom. The summed E-state index contributed by atoms with van der Waals surface area (Å²) >= 11 is 0. The third-order valence-electron chi connectivity index (χ3n) is 5.47. The molecule has 2 nitrogen and oxygen atoms in total. The minimum absolute atomic E-state index is 0.546. The Balaban J connectivity index is 1.58. The average molecular weight is 342 g/mol. The van der Waals surface area contributed by atoms with Gasteiger partial charge in [-0.25, -0.2) is 0 Å². The third-order valence-corrected chi connectivity index (χ3v) is 5.47. The van der Waals surface area contributed by atoms with E-state index in [0.717, 1.165) is 31.6 Å². The molecule has 26 heavy (non-hydrogen) atoms. The van der Waals surface area contributed by atoms with E-state index in [-0.39, 0.29) is 0 Å². The molecule has 132 valence electrons. The highest BCUT2D eigenvalue weighted by Crippen LogP contribution is 2.30. The van der Waals surface area contributed by atoms with Gasteiger partial charge in [-0.3, -0.25) is 4.90 Å². The van der Waals surface area contributed by atoms with Crippen LogP contribution in [0.15, 0.2) is 78.9 Å². The van der Waals surface area contributed by atoms with Crippen molar-refractivity contribution in [2.75, 3.05) is 5.73 Å². The Morgan fingerprint density at radius 3 is 2.00 bits per heavy atom. The highest BCUT2D eigenvalue weighted by Gasteiger charge is 2.25. The van der Waals surface area contributed by atoms with Gasteiger partial charge in [0, 0.05) is 24.8 Å².